The van der Waals surface area contributed by atoms with Crippen LogP contribution < -0.4 is 0 Å². The van der Waals surface area contributed by atoms with Crippen molar-refractivity contribution in [3.63, 3.8) is 0 Å². The Morgan fingerprint density at radius 2 is 2.09 bits per heavy atom. The molecule has 1 N–H and O–H groups in total. The first-order valence-corrected chi connectivity index (χ1v) is 3.68. The second kappa shape index (κ2) is 5.71. The third-order valence-corrected chi connectivity index (χ3v) is 1.13. The summed E-state index contributed by atoms with van der Waals surface area (Å²) < 4.78 is 0. The first-order chi connectivity index (χ1) is 5.16. The molecule has 0 aromatic carbocycles. The van der Waals surface area contributed by atoms with E-state index in [2.05, 4.69) is 13.8 Å². The van der Waals surface area contributed by atoms with Gasteiger partial charge in [0.1, 0.15) is 0 Å². The highest BCUT2D eigenvalue weighted by atomic mass is 16.2. The first kappa shape index (κ1) is 9.95. The summed E-state index contributed by atoms with van der Waals surface area (Å²) in [6, 6.07) is 0. The maximum absolute atomic E-state index is 10.7. The number of hydrogen-bond acceptors (Lipinski definition) is 2. The van der Waals surface area contributed by atoms with E-state index >= 15 is 0 Å². The topological polar surface area (TPSA) is 37.3 Å². The summed E-state index contributed by atoms with van der Waals surface area (Å²) in [4.78, 5) is 10.7. The molecule has 0 heterocycles. The number of aliphatic hydroxyl groups excluding tert-OH is 1. The highest BCUT2D eigenvalue weighted by molar-refractivity contribution is 5.98. The van der Waals surface area contributed by atoms with Gasteiger partial charge in [0.05, 0.1) is 6.26 Å². The van der Waals surface area contributed by atoms with Crippen molar-refractivity contribution in [3.05, 3.63) is 24.5 Å². The fourth-order valence-corrected chi connectivity index (χ4v) is 0.585. The van der Waals surface area contributed by atoms with Crippen molar-refractivity contribution in [2.75, 3.05) is 0 Å². The lowest BCUT2D eigenvalue weighted by Crippen LogP contribution is -1.87. The summed E-state index contributed by atoms with van der Waals surface area (Å²) >= 11 is 0. The Labute approximate surface area is 67.2 Å². The molecule has 0 aliphatic rings. The van der Waals surface area contributed by atoms with Crippen LogP contribution in [0.2, 0.25) is 0 Å². The van der Waals surface area contributed by atoms with Gasteiger partial charge in [-0.05, 0) is 18.4 Å². The van der Waals surface area contributed by atoms with Crippen LogP contribution in [0.5, 0.6) is 0 Å². The highest BCUT2D eigenvalue weighted by Crippen LogP contribution is 1.99. The van der Waals surface area contributed by atoms with E-state index in [9.17, 15) is 4.79 Å². The van der Waals surface area contributed by atoms with Crippen LogP contribution in [-0.4, -0.2) is 10.9 Å². The molecule has 0 saturated heterocycles. The van der Waals surface area contributed by atoms with Crippen molar-refractivity contribution in [1.29, 1.82) is 0 Å². The largest absolute Gasteiger partial charge is 0.515 e. The van der Waals surface area contributed by atoms with Gasteiger partial charge in [-0.3, -0.25) is 4.79 Å². The number of carbonyl (C=O) groups is 1. The molecule has 0 spiro atoms. The Morgan fingerprint density at radius 3 is 2.55 bits per heavy atom. The third-order valence-electron chi connectivity index (χ3n) is 1.13. The van der Waals surface area contributed by atoms with Crippen molar-refractivity contribution in [2.45, 2.75) is 20.3 Å². The maximum Gasteiger partial charge on any atom is 0.181 e. The van der Waals surface area contributed by atoms with Gasteiger partial charge in [0.2, 0.25) is 0 Å². The van der Waals surface area contributed by atoms with Crippen LogP contribution in [0.3, 0.4) is 0 Å². The van der Waals surface area contributed by atoms with Gasteiger partial charge < -0.3 is 5.11 Å². The van der Waals surface area contributed by atoms with Gasteiger partial charge in [0.15, 0.2) is 5.78 Å². The SMILES string of the molecule is CC(C)CC=CC(=O)C=CO. The second-order valence-corrected chi connectivity index (χ2v) is 2.75. The van der Waals surface area contributed by atoms with Crippen LogP contribution in [0.4, 0.5) is 0 Å². The van der Waals surface area contributed by atoms with E-state index in [-0.39, 0.29) is 5.78 Å². The Morgan fingerprint density at radius 1 is 1.45 bits per heavy atom. The summed E-state index contributed by atoms with van der Waals surface area (Å²) in [5.41, 5.74) is 0. The standard InChI is InChI=1S/C9H14O2/c1-8(2)4-3-5-9(11)6-7-10/h3,5-8,10H,4H2,1-2H3. The Bertz CT molecular complexity index is 166. The molecule has 0 aliphatic heterocycles. The van der Waals surface area contributed by atoms with Gasteiger partial charge in [-0.2, -0.15) is 0 Å². The Hall–Kier alpha value is -1.05. The quantitative estimate of drug-likeness (QED) is 0.498. The molecule has 0 aliphatic carbocycles. The van der Waals surface area contributed by atoms with Crippen molar-refractivity contribution in [3.8, 4) is 0 Å². The fraction of sp³-hybridized carbons (Fsp3) is 0.444. The summed E-state index contributed by atoms with van der Waals surface area (Å²) in [6.45, 7) is 4.16. The molecule has 0 aromatic rings. The van der Waals surface area contributed by atoms with Crippen LogP contribution in [0.25, 0.3) is 0 Å². The first-order valence-electron chi connectivity index (χ1n) is 3.68. The van der Waals surface area contributed by atoms with Gasteiger partial charge in [-0.25, -0.2) is 0 Å². The lowest BCUT2D eigenvalue weighted by Gasteiger charge is -1.94. The zero-order valence-electron chi connectivity index (χ0n) is 6.95. The van der Waals surface area contributed by atoms with Gasteiger partial charge in [-0.1, -0.05) is 19.9 Å². The number of allylic oxidation sites excluding steroid dienone is 3. The predicted octanol–water partition coefficient (Wildman–Crippen LogP) is 2.23. The molecule has 0 amide bonds. The molecular formula is C9H14O2. The van der Waals surface area contributed by atoms with Crippen LogP contribution in [-0.2, 0) is 4.79 Å². The summed E-state index contributed by atoms with van der Waals surface area (Å²) in [5, 5.41) is 8.21. The second-order valence-electron chi connectivity index (χ2n) is 2.75. The van der Waals surface area contributed by atoms with Crippen LogP contribution in [0.15, 0.2) is 24.5 Å². The summed E-state index contributed by atoms with van der Waals surface area (Å²) in [7, 11) is 0. The molecule has 0 aromatic heterocycles. The van der Waals surface area contributed by atoms with E-state index in [1.807, 2.05) is 6.08 Å². The van der Waals surface area contributed by atoms with Crippen molar-refractivity contribution in [2.24, 2.45) is 5.92 Å². The zero-order chi connectivity index (χ0) is 8.69. The summed E-state index contributed by atoms with van der Waals surface area (Å²) in [6.07, 6.45) is 6.05. The van der Waals surface area contributed by atoms with E-state index in [4.69, 9.17) is 5.11 Å². The number of hydrogen-bond donors (Lipinski definition) is 1. The molecule has 2 nitrogen and oxygen atoms in total. The molecule has 0 fully saturated rings. The number of rotatable bonds is 4. The monoisotopic (exact) mass is 154 g/mol. The molecule has 0 unspecified atom stereocenters. The number of carbonyl (C=O) groups excluding carboxylic acids is 1. The third kappa shape index (κ3) is 6.84. The van der Waals surface area contributed by atoms with Crippen LogP contribution >= 0.6 is 0 Å². The Balaban J connectivity index is 3.65. The van der Waals surface area contributed by atoms with Gasteiger partial charge >= 0.3 is 0 Å². The normalized spacial score (nSPS) is 11.9. The van der Waals surface area contributed by atoms with Gasteiger partial charge in [0, 0.05) is 6.08 Å². The van der Waals surface area contributed by atoms with Gasteiger partial charge in [-0.15, -0.1) is 0 Å². The van der Waals surface area contributed by atoms with E-state index in [1.165, 1.54) is 6.08 Å². The van der Waals surface area contributed by atoms with Crippen LogP contribution in [0, 0.1) is 5.92 Å². The molecule has 0 rings (SSSR count). The summed E-state index contributed by atoms with van der Waals surface area (Å²) in [5.74, 6) is 0.394. The molecule has 0 atom stereocenters. The molecule has 0 bridgehead atoms. The van der Waals surface area contributed by atoms with Crippen molar-refractivity contribution >= 4 is 5.78 Å². The average molecular weight is 154 g/mol. The lowest BCUT2D eigenvalue weighted by atomic mass is 10.1. The van der Waals surface area contributed by atoms with Gasteiger partial charge in [0.25, 0.3) is 0 Å². The Kier molecular flexibility index (Phi) is 5.17. The lowest BCUT2D eigenvalue weighted by molar-refractivity contribution is -0.110. The van der Waals surface area contributed by atoms with Crippen molar-refractivity contribution < 1.29 is 9.90 Å². The molecule has 0 radical (unpaired) electrons. The van der Waals surface area contributed by atoms with Crippen LogP contribution in [0.1, 0.15) is 20.3 Å². The minimum absolute atomic E-state index is 0.173. The van der Waals surface area contributed by atoms with E-state index < -0.39 is 0 Å². The molecule has 0 saturated carbocycles. The maximum atomic E-state index is 10.7. The fourth-order valence-electron chi connectivity index (χ4n) is 0.585. The molecule has 2 heteroatoms. The van der Waals surface area contributed by atoms with E-state index in [0.29, 0.717) is 5.92 Å². The minimum atomic E-state index is -0.173. The van der Waals surface area contributed by atoms with Crippen molar-refractivity contribution in [1.82, 2.24) is 0 Å². The van der Waals surface area contributed by atoms with E-state index in [0.717, 1.165) is 18.8 Å². The molecular weight excluding hydrogens is 140 g/mol. The average Bonchev–Trinajstić information content (AvgIpc) is 1.87. The number of ketones is 1. The zero-order valence-corrected chi connectivity index (χ0v) is 6.95. The molecule has 62 valence electrons. The molecule has 11 heavy (non-hydrogen) atoms. The minimum Gasteiger partial charge on any atom is -0.515 e. The smallest absolute Gasteiger partial charge is 0.181 e. The predicted molar refractivity (Wildman–Crippen MR) is 45.4 cm³/mol. The van der Waals surface area contributed by atoms with E-state index in [1.54, 1.807) is 0 Å². The highest BCUT2D eigenvalue weighted by Gasteiger charge is 1.89. The number of aliphatic hydroxyl groups is 1.